The topological polar surface area (TPSA) is 57.2 Å². The summed E-state index contributed by atoms with van der Waals surface area (Å²) in [7, 11) is 0. The number of hydrogen-bond donors (Lipinski definition) is 0. The number of rotatable bonds is 4. The van der Waals surface area contributed by atoms with E-state index in [9.17, 15) is 4.79 Å². The van der Waals surface area contributed by atoms with Gasteiger partial charge in [0.05, 0.1) is 25.4 Å². The van der Waals surface area contributed by atoms with Crippen LogP contribution in [0.1, 0.15) is 23.2 Å². The molecule has 3 fully saturated rings. The molecule has 5 rings (SSSR count). The van der Waals surface area contributed by atoms with Gasteiger partial charge < -0.3 is 23.8 Å². The van der Waals surface area contributed by atoms with E-state index in [0.29, 0.717) is 42.7 Å². The molecule has 24 heavy (non-hydrogen) atoms. The first kappa shape index (κ1) is 14.5. The zero-order valence-corrected chi connectivity index (χ0v) is 13.5. The third kappa shape index (κ3) is 2.45. The van der Waals surface area contributed by atoms with Crippen LogP contribution in [0.3, 0.4) is 0 Å². The summed E-state index contributed by atoms with van der Waals surface area (Å²) in [6.07, 6.45) is 2.64. The van der Waals surface area contributed by atoms with Crippen molar-refractivity contribution in [3.8, 4) is 11.5 Å². The molecule has 1 amide bonds. The summed E-state index contributed by atoms with van der Waals surface area (Å²) in [6.45, 7) is 2.97. The highest BCUT2D eigenvalue weighted by Gasteiger charge is 2.48. The van der Waals surface area contributed by atoms with Crippen LogP contribution in [0.15, 0.2) is 18.2 Å². The first-order chi connectivity index (χ1) is 11.8. The Hall–Kier alpha value is -1.79. The van der Waals surface area contributed by atoms with E-state index in [4.69, 9.17) is 18.9 Å². The quantitative estimate of drug-likeness (QED) is 0.840. The fourth-order valence-electron chi connectivity index (χ4n) is 3.85. The van der Waals surface area contributed by atoms with Gasteiger partial charge >= 0.3 is 0 Å². The Morgan fingerprint density at radius 3 is 2.96 bits per heavy atom. The molecule has 3 aliphatic heterocycles. The molecule has 1 aromatic carbocycles. The Morgan fingerprint density at radius 1 is 1.21 bits per heavy atom. The van der Waals surface area contributed by atoms with Gasteiger partial charge in [0, 0.05) is 24.6 Å². The predicted molar refractivity (Wildman–Crippen MR) is 84.2 cm³/mol. The minimum Gasteiger partial charge on any atom is -0.454 e. The summed E-state index contributed by atoms with van der Waals surface area (Å²) in [5, 5.41) is 0. The second-order valence-corrected chi connectivity index (χ2v) is 7.11. The van der Waals surface area contributed by atoms with Crippen LogP contribution in [0.25, 0.3) is 0 Å². The average molecular weight is 331 g/mol. The van der Waals surface area contributed by atoms with Crippen molar-refractivity contribution in [1.82, 2.24) is 4.90 Å². The molecule has 0 spiro atoms. The summed E-state index contributed by atoms with van der Waals surface area (Å²) >= 11 is 0. The highest BCUT2D eigenvalue weighted by atomic mass is 16.7. The number of hydrogen-bond acceptors (Lipinski definition) is 5. The van der Waals surface area contributed by atoms with Crippen molar-refractivity contribution in [3.05, 3.63) is 23.8 Å². The highest BCUT2D eigenvalue weighted by molar-refractivity contribution is 5.95. The standard InChI is InChI=1S/C18H21NO5/c20-18(12-3-4-15-16(5-12)24-10-23-15)19-6-17(22-7-11-1-2-11)13-8-21-9-14(13)19/h3-5,11,13-14,17H,1-2,6-10H2/t13-,14+,17-/m0/s1. The van der Waals surface area contributed by atoms with Gasteiger partial charge in [-0.05, 0) is 37.0 Å². The lowest BCUT2D eigenvalue weighted by molar-refractivity contribution is 0.0141. The minimum absolute atomic E-state index is 0.0197. The van der Waals surface area contributed by atoms with Gasteiger partial charge in [0.1, 0.15) is 0 Å². The lowest BCUT2D eigenvalue weighted by Crippen LogP contribution is -2.38. The third-order valence-corrected chi connectivity index (χ3v) is 5.47. The van der Waals surface area contributed by atoms with Gasteiger partial charge in [0.25, 0.3) is 5.91 Å². The highest BCUT2D eigenvalue weighted by Crippen LogP contribution is 2.37. The molecule has 2 saturated heterocycles. The van der Waals surface area contributed by atoms with Crippen LogP contribution in [0.2, 0.25) is 0 Å². The number of fused-ring (bicyclic) bond motifs is 2. The molecule has 6 nitrogen and oxygen atoms in total. The smallest absolute Gasteiger partial charge is 0.254 e. The van der Waals surface area contributed by atoms with Gasteiger partial charge in [-0.1, -0.05) is 0 Å². The van der Waals surface area contributed by atoms with E-state index in [1.54, 1.807) is 18.2 Å². The molecular formula is C18H21NO5. The number of ether oxygens (including phenoxy) is 4. The molecular weight excluding hydrogens is 310 g/mol. The molecule has 0 N–H and O–H groups in total. The van der Waals surface area contributed by atoms with E-state index >= 15 is 0 Å². The lowest BCUT2D eigenvalue weighted by atomic mass is 10.0. The van der Waals surface area contributed by atoms with Gasteiger partial charge in [-0.2, -0.15) is 0 Å². The predicted octanol–water partition coefficient (Wildman–Crippen LogP) is 1.68. The van der Waals surface area contributed by atoms with E-state index in [1.807, 2.05) is 4.90 Å². The number of carbonyl (C=O) groups excluding carboxylic acids is 1. The van der Waals surface area contributed by atoms with Crippen LogP contribution >= 0.6 is 0 Å². The largest absolute Gasteiger partial charge is 0.454 e. The summed E-state index contributed by atoms with van der Waals surface area (Å²) in [6, 6.07) is 5.49. The Bertz CT molecular complexity index is 659. The normalized spacial score (nSPS) is 30.7. The maximum Gasteiger partial charge on any atom is 0.254 e. The zero-order valence-electron chi connectivity index (χ0n) is 13.5. The van der Waals surface area contributed by atoms with Crippen LogP contribution in [0.4, 0.5) is 0 Å². The van der Waals surface area contributed by atoms with Gasteiger partial charge in [-0.25, -0.2) is 0 Å². The van der Waals surface area contributed by atoms with Gasteiger partial charge in [-0.15, -0.1) is 0 Å². The second-order valence-electron chi connectivity index (χ2n) is 7.11. The van der Waals surface area contributed by atoms with Crippen molar-refractivity contribution in [2.75, 3.05) is 33.2 Å². The SMILES string of the molecule is O=C(c1ccc2c(c1)OCO2)N1C[C@H](OCC2CC2)[C@H]2COC[C@H]21. The van der Waals surface area contributed by atoms with Crippen molar-refractivity contribution < 1.29 is 23.7 Å². The maximum absolute atomic E-state index is 13.0. The average Bonchev–Trinajstić information content (AvgIpc) is 3.01. The van der Waals surface area contributed by atoms with Crippen LogP contribution in [-0.2, 0) is 9.47 Å². The van der Waals surface area contributed by atoms with Gasteiger partial charge in [0.2, 0.25) is 6.79 Å². The van der Waals surface area contributed by atoms with E-state index < -0.39 is 0 Å². The van der Waals surface area contributed by atoms with E-state index in [0.717, 1.165) is 12.5 Å². The van der Waals surface area contributed by atoms with Gasteiger partial charge in [-0.3, -0.25) is 4.79 Å². The van der Waals surface area contributed by atoms with Crippen molar-refractivity contribution in [1.29, 1.82) is 0 Å². The molecule has 6 heteroatoms. The molecule has 128 valence electrons. The molecule has 0 aromatic heterocycles. The van der Waals surface area contributed by atoms with Crippen molar-refractivity contribution in [2.45, 2.75) is 25.0 Å². The monoisotopic (exact) mass is 331 g/mol. The van der Waals surface area contributed by atoms with E-state index in [2.05, 4.69) is 0 Å². The molecule has 3 atom stereocenters. The Balaban J connectivity index is 1.34. The lowest BCUT2D eigenvalue weighted by Gasteiger charge is -2.22. The summed E-state index contributed by atoms with van der Waals surface area (Å²) in [5.41, 5.74) is 0.632. The van der Waals surface area contributed by atoms with Crippen molar-refractivity contribution >= 4 is 5.91 Å². The minimum atomic E-state index is 0.0197. The summed E-state index contributed by atoms with van der Waals surface area (Å²) in [4.78, 5) is 14.9. The van der Waals surface area contributed by atoms with Crippen molar-refractivity contribution in [3.63, 3.8) is 0 Å². The van der Waals surface area contributed by atoms with Crippen LogP contribution in [0.5, 0.6) is 11.5 Å². The number of carbonyl (C=O) groups is 1. The zero-order chi connectivity index (χ0) is 16.1. The molecule has 3 heterocycles. The number of nitrogens with zero attached hydrogens (tertiary/aromatic N) is 1. The molecule has 4 aliphatic rings. The molecule has 1 aliphatic carbocycles. The second kappa shape index (κ2) is 5.63. The number of likely N-dealkylation sites (tertiary alicyclic amines) is 1. The van der Waals surface area contributed by atoms with E-state index in [1.165, 1.54) is 12.8 Å². The fourth-order valence-corrected chi connectivity index (χ4v) is 3.85. The van der Waals surface area contributed by atoms with Crippen LogP contribution in [-0.4, -0.2) is 56.1 Å². The number of amides is 1. The molecule has 0 bridgehead atoms. The molecule has 0 unspecified atom stereocenters. The van der Waals surface area contributed by atoms with Gasteiger partial charge in [0.15, 0.2) is 11.5 Å². The third-order valence-electron chi connectivity index (χ3n) is 5.47. The van der Waals surface area contributed by atoms with Crippen molar-refractivity contribution in [2.24, 2.45) is 11.8 Å². The summed E-state index contributed by atoms with van der Waals surface area (Å²) in [5.74, 6) is 2.37. The maximum atomic E-state index is 13.0. The first-order valence-corrected chi connectivity index (χ1v) is 8.69. The Morgan fingerprint density at radius 2 is 2.08 bits per heavy atom. The first-order valence-electron chi connectivity index (χ1n) is 8.69. The van der Waals surface area contributed by atoms with Crippen LogP contribution < -0.4 is 9.47 Å². The Labute approximate surface area is 140 Å². The molecule has 1 aromatic rings. The van der Waals surface area contributed by atoms with E-state index in [-0.39, 0.29) is 24.8 Å². The summed E-state index contributed by atoms with van der Waals surface area (Å²) < 4.78 is 22.5. The van der Waals surface area contributed by atoms with Crippen LogP contribution in [0, 0.1) is 11.8 Å². The molecule has 1 saturated carbocycles. The molecule has 0 radical (unpaired) electrons. The number of benzene rings is 1. The Kier molecular flexibility index (Phi) is 3.41. The fraction of sp³-hybridized carbons (Fsp3) is 0.611.